The molecule has 124 heavy (non-hydrogen) atoms. The van der Waals surface area contributed by atoms with Gasteiger partial charge in [-0.25, -0.2) is 29.9 Å². The summed E-state index contributed by atoms with van der Waals surface area (Å²) in [6, 6.07) is 145. The third-order valence-corrected chi connectivity index (χ3v) is 26.3. The van der Waals surface area contributed by atoms with Crippen molar-refractivity contribution in [1.82, 2.24) is 39.0 Å². The van der Waals surface area contributed by atoms with Crippen LogP contribution >= 0.6 is 15.9 Å². The van der Waals surface area contributed by atoms with Gasteiger partial charge in [0.25, 0.3) is 0 Å². The van der Waals surface area contributed by atoms with E-state index in [9.17, 15) is 10.0 Å². The van der Waals surface area contributed by atoms with E-state index in [1.165, 1.54) is 110 Å². The van der Waals surface area contributed by atoms with Crippen LogP contribution in [0, 0.1) is 0 Å². The largest absolute Gasteiger partial charge is 0.488 e. The third-order valence-electron chi connectivity index (χ3n) is 25.7. The van der Waals surface area contributed by atoms with Crippen LogP contribution in [0.3, 0.4) is 0 Å². The van der Waals surface area contributed by atoms with Crippen LogP contribution in [-0.4, -0.2) is 56.2 Å². The van der Waals surface area contributed by atoms with E-state index in [1.807, 2.05) is 133 Å². The van der Waals surface area contributed by atoms with Gasteiger partial charge in [0.1, 0.15) is 0 Å². The predicted molar refractivity (Wildman–Crippen MR) is 507 cm³/mol. The Balaban J connectivity index is 0.000000114. The molecule has 0 fully saturated rings. The number of benzene rings is 18. The van der Waals surface area contributed by atoms with Gasteiger partial charge in [0, 0.05) is 59.4 Å². The Morgan fingerprint density at radius 1 is 0.234 bits per heavy atom. The lowest BCUT2D eigenvalue weighted by Gasteiger charge is -2.39. The van der Waals surface area contributed by atoms with Crippen molar-refractivity contribution in [2.75, 3.05) is 0 Å². The lowest BCUT2D eigenvalue weighted by Crippen LogP contribution is -2.36. The summed E-state index contributed by atoms with van der Waals surface area (Å²) in [5.41, 5.74) is 29.7. The smallest absolute Gasteiger partial charge is 0.423 e. The van der Waals surface area contributed by atoms with Crippen molar-refractivity contribution < 1.29 is 10.0 Å². The number of hydrogen-bond acceptors (Lipinski definition) is 8. The summed E-state index contributed by atoms with van der Waals surface area (Å²) >= 11 is 3.72. The summed E-state index contributed by atoms with van der Waals surface area (Å²) in [6.45, 7) is 0. The molecule has 580 valence electrons. The molecule has 2 atom stereocenters. The van der Waals surface area contributed by atoms with Gasteiger partial charge in [0.05, 0.1) is 44.3 Å². The minimum Gasteiger partial charge on any atom is -0.423 e. The number of nitrogens with zero attached hydrogens (tertiary/aromatic N) is 8. The molecular formula is C112H70BBrN8O2. The Morgan fingerprint density at radius 2 is 0.589 bits per heavy atom. The van der Waals surface area contributed by atoms with E-state index in [-0.39, 0.29) is 0 Å². The van der Waals surface area contributed by atoms with Crippen molar-refractivity contribution in [2.45, 2.75) is 10.8 Å². The first kappa shape index (κ1) is 72.6. The van der Waals surface area contributed by atoms with Crippen molar-refractivity contribution in [3.05, 3.63) is 461 Å². The van der Waals surface area contributed by atoms with Gasteiger partial charge in [-0.05, 0) is 147 Å². The van der Waals surface area contributed by atoms with Gasteiger partial charge in [-0.3, -0.25) is 0 Å². The van der Waals surface area contributed by atoms with E-state index in [2.05, 4.69) is 304 Å². The first-order chi connectivity index (χ1) is 61.3. The normalized spacial score (nSPS) is 14.5. The summed E-state index contributed by atoms with van der Waals surface area (Å²) in [4.78, 5) is 29.7. The average molecular weight is 1650 g/mol. The SMILES string of the molecule is Brc1ccc2ccccc2c1-c1nc(-c2ccccc2)nc(-c2ccccc2)n1.OB(O)c1ccc2c(c1)C1(c3ccccc3-2)c2ccccc2-n2c3ccccc3c3cccc1c32.c1ccc(-c2nc(-c3ccccc3)nc(-c3cccc4ccc(-c5ccc6c(c5)C5(c7ccccc7-6)c6ccccc6-n6c7ccccc7c7cccc5c76)cc34)n2)cc1. The van der Waals surface area contributed by atoms with Crippen molar-refractivity contribution in [2.24, 2.45) is 0 Å². The highest BCUT2D eigenvalue weighted by molar-refractivity contribution is 9.10. The summed E-state index contributed by atoms with van der Waals surface area (Å²) in [6.07, 6.45) is 0. The maximum atomic E-state index is 10.1. The molecule has 22 aromatic rings. The second kappa shape index (κ2) is 28.9. The quantitative estimate of drug-likeness (QED) is 0.144. The zero-order valence-electron chi connectivity index (χ0n) is 66.7. The first-order valence-corrected chi connectivity index (χ1v) is 42.6. The van der Waals surface area contributed by atoms with Gasteiger partial charge >= 0.3 is 7.12 Å². The third kappa shape index (κ3) is 11.1. The second-order valence-corrected chi connectivity index (χ2v) is 33.0. The minimum atomic E-state index is -1.53. The maximum absolute atomic E-state index is 10.1. The number of fused-ring (bicyclic) bond motifs is 26. The van der Waals surface area contributed by atoms with Crippen LogP contribution in [0.4, 0.5) is 0 Å². The Kier molecular flexibility index (Phi) is 16.9. The molecule has 4 aromatic heterocycles. The maximum Gasteiger partial charge on any atom is 0.488 e. The van der Waals surface area contributed by atoms with Gasteiger partial charge in [0.15, 0.2) is 34.9 Å². The molecule has 10 nitrogen and oxygen atoms in total. The molecule has 2 aliphatic heterocycles. The molecule has 2 unspecified atom stereocenters. The van der Waals surface area contributed by atoms with E-state index in [1.54, 1.807) is 0 Å². The topological polar surface area (TPSA) is 128 Å². The number of halogens is 1. The molecule has 4 aliphatic rings. The second-order valence-electron chi connectivity index (χ2n) is 32.1. The van der Waals surface area contributed by atoms with Gasteiger partial charge in [-0.1, -0.05) is 386 Å². The van der Waals surface area contributed by atoms with Crippen LogP contribution in [0.15, 0.2) is 417 Å². The molecule has 0 saturated heterocycles. The number of hydrogen-bond donors (Lipinski definition) is 2. The lowest BCUT2D eigenvalue weighted by molar-refractivity contribution is 0.425. The van der Waals surface area contributed by atoms with Crippen molar-refractivity contribution in [3.8, 4) is 113 Å². The van der Waals surface area contributed by atoms with E-state index < -0.39 is 17.9 Å². The minimum absolute atomic E-state index is 0.506. The van der Waals surface area contributed by atoms with Gasteiger partial charge in [-0.15, -0.1) is 0 Å². The van der Waals surface area contributed by atoms with Crippen molar-refractivity contribution in [1.29, 1.82) is 0 Å². The summed E-state index contributed by atoms with van der Waals surface area (Å²) in [5, 5.41) is 29.7. The summed E-state index contributed by atoms with van der Waals surface area (Å²) in [7, 11) is -1.53. The number of rotatable bonds is 8. The molecule has 12 heteroatoms. The van der Waals surface area contributed by atoms with Crippen LogP contribution in [0.25, 0.3) is 178 Å². The van der Waals surface area contributed by atoms with E-state index in [0.717, 1.165) is 81.8 Å². The van der Waals surface area contributed by atoms with Gasteiger partial charge in [0.2, 0.25) is 0 Å². The molecule has 26 rings (SSSR count). The van der Waals surface area contributed by atoms with Crippen LogP contribution in [0.2, 0.25) is 0 Å². The Bertz CT molecular complexity index is 8020. The highest BCUT2D eigenvalue weighted by Gasteiger charge is 2.53. The number of para-hydroxylation sites is 6. The summed E-state index contributed by atoms with van der Waals surface area (Å²) < 4.78 is 5.87. The van der Waals surface area contributed by atoms with E-state index >= 15 is 0 Å². The molecule has 0 bridgehead atoms. The highest BCUT2D eigenvalue weighted by atomic mass is 79.9. The monoisotopic (exact) mass is 1650 g/mol. The molecular weight excluding hydrogens is 1580 g/mol. The number of aromatic nitrogens is 8. The molecule has 0 amide bonds. The Morgan fingerprint density at radius 3 is 1.11 bits per heavy atom. The van der Waals surface area contributed by atoms with Crippen LogP contribution in [-0.2, 0) is 10.8 Å². The molecule has 0 saturated carbocycles. The van der Waals surface area contributed by atoms with Gasteiger partial charge in [-0.2, -0.15) is 0 Å². The van der Waals surface area contributed by atoms with Crippen LogP contribution in [0.1, 0.15) is 44.5 Å². The molecule has 18 aromatic carbocycles. The van der Waals surface area contributed by atoms with Crippen molar-refractivity contribution >= 4 is 93.7 Å². The molecule has 2 N–H and O–H groups in total. The Labute approximate surface area is 723 Å². The molecule has 2 aliphatic carbocycles. The van der Waals surface area contributed by atoms with E-state index in [4.69, 9.17) is 29.9 Å². The zero-order chi connectivity index (χ0) is 82.3. The zero-order valence-corrected chi connectivity index (χ0v) is 68.3. The average Bonchev–Trinajstić information content (AvgIpc) is 1.50. The fraction of sp³-hybridized carbons (Fsp3) is 0.0179. The first-order valence-electron chi connectivity index (χ1n) is 41.8. The standard InChI is InChI=1S/C56H34N4.C31H20BNO2.C25H16BrN3/c1-3-15-36(16-4-1)53-57-54(37-17-5-2-6-18-37)59-55(58-53)44-23-13-19-35-29-30-38(33-45(35)44)39-31-32-41-40-20-7-9-24-46(40)56(49(41)34-39)47-25-10-12-28-51(47)60-50-27-11-8-21-42(50)43-22-14-26-48(56)52(43)60;34-32(35)19-16-17-21-20-8-1-3-11-24(20)31(27(21)18-19)25-12-4-6-15-29(25)33-28-14-5-2-9-22(28)23-10-7-13-26(31)30(23)33;26-21-16-15-17-9-7-8-14-20(17)22(21)25-28-23(18-10-3-1-4-11-18)27-24(29-25)19-12-5-2-6-13-19/h1-34H;1-18,34-35H;1-16H. The molecule has 2 spiro atoms. The molecule has 0 radical (unpaired) electrons. The van der Waals surface area contributed by atoms with Crippen LogP contribution in [0.5, 0.6) is 0 Å². The fourth-order valence-corrected chi connectivity index (χ4v) is 21.0. The molecule has 6 heterocycles. The highest BCUT2D eigenvalue weighted by Crippen LogP contribution is 2.64. The Hall–Kier alpha value is -15.4. The van der Waals surface area contributed by atoms with E-state index in [0.29, 0.717) is 40.4 Å². The van der Waals surface area contributed by atoms with Crippen molar-refractivity contribution in [3.63, 3.8) is 0 Å². The van der Waals surface area contributed by atoms with Crippen LogP contribution < -0.4 is 5.46 Å². The lowest BCUT2D eigenvalue weighted by atomic mass is 9.64. The fourth-order valence-electron chi connectivity index (χ4n) is 20.5. The predicted octanol–water partition coefficient (Wildman–Crippen LogP) is 25.4. The summed E-state index contributed by atoms with van der Waals surface area (Å²) in [5.74, 6) is 3.93. The van der Waals surface area contributed by atoms with Gasteiger partial charge < -0.3 is 19.2 Å².